The zero-order valence-electron chi connectivity index (χ0n) is 8.99. The van der Waals surface area contributed by atoms with E-state index in [2.05, 4.69) is 28.6 Å². The van der Waals surface area contributed by atoms with E-state index < -0.39 is 0 Å². The monoisotopic (exact) mass is 287 g/mol. The number of carbonyl (C=O) groups excluding carboxylic acids is 1. The van der Waals surface area contributed by atoms with Crippen LogP contribution < -0.4 is 0 Å². The van der Waals surface area contributed by atoms with Crippen LogP contribution in [0.15, 0.2) is 27.6 Å². The van der Waals surface area contributed by atoms with Crippen LogP contribution in [0.5, 0.6) is 0 Å². The number of carbonyl (C=O) groups is 1. The van der Waals surface area contributed by atoms with Gasteiger partial charge in [-0.15, -0.1) is 12.6 Å². The fourth-order valence-electron chi connectivity index (χ4n) is 1.10. The third-order valence-electron chi connectivity index (χ3n) is 2.28. The molecule has 0 aliphatic heterocycles. The molecule has 0 radical (unpaired) electrons. The summed E-state index contributed by atoms with van der Waals surface area (Å²) in [5.41, 5.74) is 0.652. The average Bonchev–Trinajstić information content (AvgIpc) is 2.19. The first kappa shape index (κ1) is 12.6. The van der Waals surface area contributed by atoms with Gasteiger partial charge in [0.2, 0.25) is 0 Å². The summed E-state index contributed by atoms with van der Waals surface area (Å²) in [6.07, 6.45) is 0. The van der Waals surface area contributed by atoms with Crippen molar-refractivity contribution in [3.8, 4) is 0 Å². The zero-order chi connectivity index (χ0) is 11.6. The molecule has 82 valence electrons. The molecule has 4 heteroatoms. The molecule has 15 heavy (non-hydrogen) atoms. The van der Waals surface area contributed by atoms with Crippen LogP contribution in [-0.4, -0.2) is 23.9 Å². The van der Waals surface area contributed by atoms with Gasteiger partial charge in [-0.1, -0.05) is 0 Å². The van der Waals surface area contributed by atoms with E-state index in [9.17, 15) is 4.79 Å². The molecule has 0 unspecified atom stereocenters. The van der Waals surface area contributed by atoms with E-state index in [1.165, 1.54) is 0 Å². The van der Waals surface area contributed by atoms with Gasteiger partial charge < -0.3 is 4.90 Å². The molecule has 0 aliphatic carbocycles. The van der Waals surface area contributed by atoms with E-state index in [1.807, 2.05) is 26.0 Å². The van der Waals surface area contributed by atoms with Crippen LogP contribution in [0, 0.1) is 0 Å². The van der Waals surface area contributed by atoms with Crippen molar-refractivity contribution in [3.63, 3.8) is 0 Å². The van der Waals surface area contributed by atoms with Crippen molar-refractivity contribution in [1.29, 1.82) is 0 Å². The Morgan fingerprint density at radius 1 is 1.47 bits per heavy atom. The zero-order valence-corrected chi connectivity index (χ0v) is 11.5. The Kier molecular flexibility index (Phi) is 4.22. The third-order valence-corrected chi connectivity index (χ3v) is 3.24. The van der Waals surface area contributed by atoms with Crippen LogP contribution in [0.25, 0.3) is 0 Å². The predicted molar refractivity (Wildman–Crippen MR) is 68.6 cm³/mol. The van der Waals surface area contributed by atoms with Crippen LogP contribution in [0.3, 0.4) is 0 Å². The number of hydrogen-bond acceptors (Lipinski definition) is 2. The Bertz CT molecular complexity index is 379. The molecular weight excluding hydrogens is 274 g/mol. The van der Waals surface area contributed by atoms with Crippen molar-refractivity contribution in [2.24, 2.45) is 0 Å². The maximum atomic E-state index is 12.0. The van der Waals surface area contributed by atoms with Crippen molar-refractivity contribution >= 4 is 34.5 Å². The summed E-state index contributed by atoms with van der Waals surface area (Å²) >= 11 is 7.59. The number of halogens is 1. The highest BCUT2D eigenvalue weighted by Gasteiger charge is 2.16. The predicted octanol–water partition coefficient (Wildman–Crippen LogP) is 3.22. The van der Waals surface area contributed by atoms with Gasteiger partial charge in [-0.05, 0) is 48.0 Å². The summed E-state index contributed by atoms with van der Waals surface area (Å²) in [4.78, 5) is 14.5. The van der Waals surface area contributed by atoms with Crippen LogP contribution in [-0.2, 0) is 0 Å². The Labute approximate surface area is 104 Å². The van der Waals surface area contributed by atoms with Crippen molar-refractivity contribution in [2.75, 3.05) is 7.05 Å². The van der Waals surface area contributed by atoms with Gasteiger partial charge in [-0.25, -0.2) is 0 Å². The van der Waals surface area contributed by atoms with Gasteiger partial charge in [-0.3, -0.25) is 4.79 Å². The van der Waals surface area contributed by atoms with Crippen molar-refractivity contribution in [1.82, 2.24) is 4.90 Å². The lowest BCUT2D eigenvalue weighted by Crippen LogP contribution is -2.33. The largest absolute Gasteiger partial charge is 0.339 e. The standard InChI is InChI=1S/C11H14BrNOS/c1-7(2)13(3)11(14)9-6-8(15)4-5-10(9)12/h4-7,15H,1-3H3. The Hall–Kier alpha value is -0.480. The SMILES string of the molecule is CC(C)N(C)C(=O)c1cc(S)ccc1Br. The number of thiol groups is 1. The number of benzene rings is 1. The Balaban J connectivity index is 3.05. The topological polar surface area (TPSA) is 20.3 Å². The first-order chi connectivity index (χ1) is 6.93. The number of nitrogens with zero attached hydrogens (tertiary/aromatic N) is 1. The fourth-order valence-corrected chi connectivity index (χ4v) is 1.72. The molecule has 0 atom stereocenters. The maximum absolute atomic E-state index is 12.0. The lowest BCUT2D eigenvalue weighted by atomic mass is 10.2. The van der Waals surface area contributed by atoms with Gasteiger partial charge in [-0.2, -0.15) is 0 Å². The molecule has 0 aliphatic rings. The van der Waals surface area contributed by atoms with Crippen LogP contribution in [0.2, 0.25) is 0 Å². The molecule has 0 fully saturated rings. The second-order valence-corrected chi connectivity index (χ2v) is 5.04. The fraction of sp³-hybridized carbons (Fsp3) is 0.364. The minimum absolute atomic E-state index is 0.00720. The molecule has 0 saturated heterocycles. The van der Waals surface area contributed by atoms with Gasteiger partial charge in [0.1, 0.15) is 0 Å². The third kappa shape index (κ3) is 2.98. The van der Waals surface area contributed by atoms with E-state index in [0.29, 0.717) is 5.56 Å². The van der Waals surface area contributed by atoms with Crippen molar-refractivity contribution < 1.29 is 4.79 Å². The number of amides is 1. The van der Waals surface area contributed by atoms with E-state index in [1.54, 1.807) is 18.0 Å². The van der Waals surface area contributed by atoms with Gasteiger partial charge in [0.05, 0.1) is 5.56 Å². The first-order valence-corrected chi connectivity index (χ1v) is 5.93. The van der Waals surface area contributed by atoms with Crippen LogP contribution in [0.4, 0.5) is 0 Å². The van der Waals surface area contributed by atoms with E-state index in [-0.39, 0.29) is 11.9 Å². The summed E-state index contributed by atoms with van der Waals surface area (Å²) < 4.78 is 0.804. The molecule has 0 aromatic heterocycles. The molecule has 1 amide bonds. The Morgan fingerprint density at radius 3 is 2.60 bits per heavy atom. The molecule has 1 aromatic carbocycles. The molecule has 0 heterocycles. The summed E-state index contributed by atoms with van der Waals surface area (Å²) in [6.45, 7) is 3.96. The van der Waals surface area contributed by atoms with Crippen LogP contribution >= 0.6 is 28.6 Å². The van der Waals surface area contributed by atoms with Crippen molar-refractivity contribution in [2.45, 2.75) is 24.8 Å². The second kappa shape index (κ2) is 5.03. The highest BCUT2D eigenvalue weighted by molar-refractivity contribution is 9.10. The van der Waals surface area contributed by atoms with Crippen molar-refractivity contribution in [3.05, 3.63) is 28.2 Å². The second-order valence-electron chi connectivity index (χ2n) is 3.67. The lowest BCUT2D eigenvalue weighted by Gasteiger charge is -2.22. The molecule has 0 spiro atoms. The lowest BCUT2D eigenvalue weighted by molar-refractivity contribution is 0.0754. The normalized spacial score (nSPS) is 10.5. The summed E-state index contributed by atoms with van der Waals surface area (Å²) in [5.74, 6) is 0.00720. The molecule has 2 nitrogen and oxygen atoms in total. The Morgan fingerprint density at radius 2 is 2.07 bits per heavy atom. The minimum Gasteiger partial charge on any atom is -0.339 e. The van der Waals surface area contributed by atoms with E-state index >= 15 is 0 Å². The molecule has 0 N–H and O–H groups in total. The quantitative estimate of drug-likeness (QED) is 0.829. The highest BCUT2D eigenvalue weighted by atomic mass is 79.9. The van der Waals surface area contributed by atoms with Crippen LogP contribution in [0.1, 0.15) is 24.2 Å². The van der Waals surface area contributed by atoms with E-state index in [0.717, 1.165) is 9.37 Å². The summed E-state index contributed by atoms with van der Waals surface area (Å²) in [5, 5.41) is 0. The minimum atomic E-state index is 0.00720. The summed E-state index contributed by atoms with van der Waals surface area (Å²) in [7, 11) is 1.80. The molecule has 0 bridgehead atoms. The molecule has 1 aromatic rings. The molecular formula is C11H14BrNOS. The van der Waals surface area contributed by atoms with Gasteiger partial charge >= 0.3 is 0 Å². The van der Waals surface area contributed by atoms with E-state index in [4.69, 9.17) is 0 Å². The highest BCUT2D eigenvalue weighted by Crippen LogP contribution is 2.21. The molecule has 1 rings (SSSR count). The maximum Gasteiger partial charge on any atom is 0.255 e. The number of rotatable bonds is 2. The number of hydrogen-bond donors (Lipinski definition) is 1. The summed E-state index contributed by atoms with van der Waals surface area (Å²) in [6, 6.07) is 5.64. The average molecular weight is 288 g/mol. The van der Waals surface area contributed by atoms with Gasteiger partial charge in [0.25, 0.3) is 5.91 Å². The molecule has 0 saturated carbocycles. The smallest absolute Gasteiger partial charge is 0.255 e. The van der Waals surface area contributed by atoms with Gasteiger partial charge in [0.15, 0.2) is 0 Å². The first-order valence-electron chi connectivity index (χ1n) is 4.69. The van der Waals surface area contributed by atoms with Gasteiger partial charge in [0, 0.05) is 22.5 Å².